The van der Waals surface area contributed by atoms with Crippen LogP contribution in [0.3, 0.4) is 0 Å². The Kier molecular flexibility index (Phi) is 6.35. The SMILES string of the molecule is CC(C)(C)CCN1CCC(F)(CNC(=O)c2cc(F)cc(C#N)c2)CC1. The number of carbonyl (C=O) groups excluding carboxylic acids is 1. The molecule has 0 radical (unpaired) electrons. The molecule has 1 aliphatic rings. The molecular weight excluding hydrogens is 336 g/mol. The molecule has 0 unspecified atom stereocenters. The molecule has 1 fully saturated rings. The van der Waals surface area contributed by atoms with E-state index in [0.717, 1.165) is 25.1 Å². The van der Waals surface area contributed by atoms with Gasteiger partial charge in [-0.1, -0.05) is 20.8 Å². The molecule has 6 heteroatoms. The van der Waals surface area contributed by atoms with Crippen molar-refractivity contribution in [1.29, 1.82) is 5.26 Å². The fourth-order valence-corrected chi connectivity index (χ4v) is 2.97. The van der Waals surface area contributed by atoms with Crippen molar-refractivity contribution >= 4 is 5.91 Å². The van der Waals surface area contributed by atoms with Crippen LogP contribution in [0.2, 0.25) is 0 Å². The van der Waals surface area contributed by atoms with Gasteiger partial charge in [-0.05, 0) is 49.4 Å². The van der Waals surface area contributed by atoms with Crippen molar-refractivity contribution in [3.8, 4) is 6.07 Å². The average Bonchev–Trinajstić information content (AvgIpc) is 2.58. The molecule has 0 atom stereocenters. The zero-order valence-corrected chi connectivity index (χ0v) is 15.7. The Balaban J connectivity index is 1.85. The van der Waals surface area contributed by atoms with Crippen molar-refractivity contribution in [2.45, 2.75) is 45.7 Å². The molecule has 1 aliphatic heterocycles. The van der Waals surface area contributed by atoms with Crippen LogP contribution < -0.4 is 5.32 Å². The highest BCUT2D eigenvalue weighted by atomic mass is 19.1. The Hall–Kier alpha value is -2.00. The molecule has 0 saturated carbocycles. The van der Waals surface area contributed by atoms with Gasteiger partial charge in [-0.15, -0.1) is 0 Å². The highest BCUT2D eigenvalue weighted by Crippen LogP contribution is 2.27. The number of carbonyl (C=O) groups is 1. The van der Waals surface area contributed by atoms with Crippen LogP contribution in [0, 0.1) is 22.6 Å². The van der Waals surface area contributed by atoms with E-state index in [0.29, 0.717) is 25.9 Å². The van der Waals surface area contributed by atoms with E-state index in [1.54, 1.807) is 6.07 Å². The Morgan fingerprint density at radius 2 is 1.96 bits per heavy atom. The zero-order chi connectivity index (χ0) is 19.4. The topological polar surface area (TPSA) is 56.1 Å². The Labute approximate surface area is 154 Å². The normalized spacial score (nSPS) is 17.5. The summed E-state index contributed by atoms with van der Waals surface area (Å²) < 4.78 is 28.4. The molecule has 0 bridgehead atoms. The summed E-state index contributed by atoms with van der Waals surface area (Å²) in [7, 11) is 0. The quantitative estimate of drug-likeness (QED) is 0.868. The summed E-state index contributed by atoms with van der Waals surface area (Å²) in [5.41, 5.74) is -1.09. The Morgan fingerprint density at radius 1 is 1.31 bits per heavy atom. The van der Waals surface area contributed by atoms with Gasteiger partial charge in [-0.3, -0.25) is 4.79 Å². The lowest BCUT2D eigenvalue weighted by atomic mass is 9.90. The van der Waals surface area contributed by atoms with Gasteiger partial charge in [0, 0.05) is 18.7 Å². The summed E-state index contributed by atoms with van der Waals surface area (Å²) in [6.07, 6.45) is 1.79. The smallest absolute Gasteiger partial charge is 0.251 e. The number of benzene rings is 1. The number of hydrogen-bond donors (Lipinski definition) is 1. The number of nitrogens with zero attached hydrogens (tertiary/aromatic N) is 2. The number of nitriles is 1. The molecule has 0 aliphatic carbocycles. The van der Waals surface area contributed by atoms with Crippen LogP contribution in [0.1, 0.15) is 56.0 Å². The number of piperidine rings is 1. The van der Waals surface area contributed by atoms with E-state index >= 15 is 0 Å². The van der Waals surface area contributed by atoms with Gasteiger partial charge in [-0.2, -0.15) is 5.26 Å². The molecule has 1 heterocycles. The van der Waals surface area contributed by atoms with E-state index in [2.05, 4.69) is 31.0 Å². The summed E-state index contributed by atoms with van der Waals surface area (Å²) in [6.45, 7) is 8.76. The summed E-state index contributed by atoms with van der Waals surface area (Å²) in [6, 6.07) is 5.22. The van der Waals surface area contributed by atoms with Crippen molar-refractivity contribution < 1.29 is 13.6 Å². The predicted octanol–water partition coefficient (Wildman–Crippen LogP) is 3.67. The number of amides is 1. The molecule has 1 saturated heterocycles. The van der Waals surface area contributed by atoms with Crippen molar-refractivity contribution in [3.05, 3.63) is 35.1 Å². The molecular formula is C20H27F2N3O. The molecule has 0 spiro atoms. The lowest BCUT2D eigenvalue weighted by molar-refractivity contribution is 0.0508. The van der Waals surface area contributed by atoms with Gasteiger partial charge in [0.1, 0.15) is 11.5 Å². The average molecular weight is 363 g/mol. The first-order valence-corrected chi connectivity index (χ1v) is 9.00. The molecule has 26 heavy (non-hydrogen) atoms. The third-order valence-corrected chi connectivity index (χ3v) is 4.79. The largest absolute Gasteiger partial charge is 0.349 e. The minimum Gasteiger partial charge on any atom is -0.349 e. The molecule has 0 aromatic heterocycles. The molecule has 1 aromatic rings. The monoisotopic (exact) mass is 363 g/mol. The fraction of sp³-hybridized carbons (Fsp3) is 0.600. The Morgan fingerprint density at radius 3 is 2.54 bits per heavy atom. The first-order valence-electron chi connectivity index (χ1n) is 9.00. The van der Waals surface area contributed by atoms with E-state index in [1.165, 1.54) is 6.07 Å². The maximum Gasteiger partial charge on any atom is 0.251 e. The number of nitrogens with one attached hydrogen (secondary N) is 1. The lowest BCUT2D eigenvalue weighted by Crippen LogP contribution is -2.48. The number of alkyl halides is 1. The van der Waals surface area contributed by atoms with E-state index in [4.69, 9.17) is 5.26 Å². The van der Waals surface area contributed by atoms with E-state index in [9.17, 15) is 13.6 Å². The second-order valence-electron chi connectivity index (χ2n) is 8.33. The summed E-state index contributed by atoms with van der Waals surface area (Å²) >= 11 is 0. The number of rotatable bonds is 5. The number of likely N-dealkylation sites (tertiary alicyclic amines) is 1. The lowest BCUT2D eigenvalue weighted by Gasteiger charge is -2.37. The standard InChI is InChI=1S/C20H27F2N3O/c1-19(2,3)4-7-25-8-5-20(22,6-9-25)14-24-18(26)16-10-15(13-23)11-17(21)12-16/h10-12H,4-9,14H2,1-3H3,(H,24,26). The van der Waals surface area contributed by atoms with Gasteiger partial charge in [0.2, 0.25) is 0 Å². The maximum absolute atomic E-state index is 15.0. The van der Waals surface area contributed by atoms with Crippen molar-refractivity contribution in [2.24, 2.45) is 5.41 Å². The predicted molar refractivity (Wildman–Crippen MR) is 97.0 cm³/mol. The van der Waals surface area contributed by atoms with Crippen molar-refractivity contribution in [2.75, 3.05) is 26.2 Å². The van der Waals surface area contributed by atoms with E-state index < -0.39 is 17.4 Å². The van der Waals surface area contributed by atoms with Crippen LogP contribution in [0.25, 0.3) is 0 Å². The summed E-state index contributed by atoms with van der Waals surface area (Å²) in [5, 5.41) is 11.4. The number of halogens is 2. The van der Waals surface area contributed by atoms with Gasteiger partial charge >= 0.3 is 0 Å². The maximum atomic E-state index is 15.0. The summed E-state index contributed by atoms with van der Waals surface area (Å²) in [4.78, 5) is 14.4. The third kappa shape index (κ3) is 6.06. The summed E-state index contributed by atoms with van der Waals surface area (Å²) in [5.74, 6) is -1.22. The Bertz CT molecular complexity index is 683. The van der Waals surface area contributed by atoms with Gasteiger partial charge in [0.15, 0.2) is 0 Å². The van der Waals surface area contributed by atoms with E-state index in [-0.39, 0.29) is 23.1 Å². The highest BCUT2D eigenvalue weighted by molar-refractivity contribution is 5.94. The van der Waals surface area contributed by atoms with E-state index in [1.807, 2.05) is 0 Å². The van der Waals surface area contributed by atoms with Crippen LogP contribution in [-0.4, -0.2) is 42.7 Å². The van der Waals surface area contributed by atoms with Crippen LogP contribution >= 0.6 is 0 Å². The van der Waals surface area contributed by atoms with Crippen molar-refractivity contribution in [3.63, 3.8) is 0 Å². The van der Waals surface area contributed by atoms with Gasteiger partial charge in [0.05, 0.1) is 18.2 Å². The highest BCUT2D eigenvalue weighted by Gasteiger charge is 2.35. The molecule has 2 rings (SSSR count). The molecule has 1 N–H and O–H groups in total. The van der Waals surface area contributed by atoms with Crippen LogP contribution in [0.15, 0.2) is 18.2 Å². The van der Waals surface area contributed by atoms with Crippen molar-refractivity contribution in [1.82, 2.24) is 10.2 Å². The first-order chi connectivity index (χ1) is 12.1. The second-order valence-corrected chi connectivity index (χ2v) is 8.33. The molecule has 142 valence electrons. The van der Waals surface area contributed by atoms with Gasteiger partial charge in [-0.25, -0.2) is 8.78 Å². The fourth-order valence-electron chi connectivity index (χ4n) is 2.97. The molecule has 1 amide bonds. The van der Waals surface area contributed by atoms with Crippen LogP contribution in [0.4, 0.5) is 8.78 Å². The van der Waals surface area contributed by atoms with Crippen LogP contribution in [-0.2, 0) is 0 Å². The first kappa shape index (κ1) is 20.3. The minimum absolute atomic E-state index is 0.0350. The zero-order valence-electron chi connectivity index (χ0n) is 15.7. The third-order valence-electron chi connectivity index (χ3n) is 4.79. The van der Waals surface area contributed by atoms with Crippen LogP contribution in [0.5, 0.6) is 0 Å². The van der Waals surface area contributed by atoms with Gasteiger partial charge in [0.25, 0.3) is 5.91 Å². The molecule has 4 nitrogen and oxygen atoms in total. The molecule has 1 aromatic carbocycles. The number of hydrogen-bond acceptors (Lipinski definition) is 3. The van der Waals surface area contributed by atoms with Gasteiger partial charge < -0.3 is 10.2 Å². The second kappa shape index (κ2) is 8.13. The minimum atomic E-state index is -1.45.